The number of fused-ring (bicyclic) bond motifs is 1. The van der Waals surface area contributed by atoms with Gasteiger partial charge in [-0.05, 0) is 12.8 Å². The lowest BCUT2D eigenvalue weighted by molar-refractivity contribution is -0.128. The molecule has 1 aliphatic rings. The fraction of sp³-hybridized carbons (Fsp3) is 0.571. The number of aromatic nitrogens is 4. The molecule has 7 heteroatoms. The van der Waals surface area contributed by atoms with Crippen LogP contribution in [0.1, 0.15) is 32.0 Å². The predicted molar refractivity (Wildman–Crippen MR) is 79.7 cm³/mol. The molecular weight excluding hydrogens is 268 g/mol. The van der Waals surface area contributed by atoms with Crippen LogP contribution >= 0.6 is 0 Å². The van der Waals surface area contributed by atoms with E-state index in [1.54, 1.807) is 10.9 Å². The quantitative estimate of drug-likeness (QED) is 0.897. The number of amides is 1. The van der Waals surface area contributed by atoms with Gasteiger partial charge in [-0.25, -0.2) is 9.97 Å². The van der Waals surface area contributed by atoms with E-state index in [4.69, 9.17) is 0 Å². The number of aryl methyl sites for hydroxylation is 1. The minimum atomic E-state index is 0.187. The van der Waals surface area contributed by atoms with Crippen LogP contribution in [-0.4, -0.2) is 43.6 Å². The van der Waals surface area contributed by atoms with Crippen molar-refractivity contribution in [3.63, 3.8) is 0 Å². The van der Waals surface area contributed by atoms with Crippen molar-refractivity contribution >= 4 is 22.8 Å². The Balaban J connectivity index is 1.94. The summed E-state index contributed by atoms with van der Waals surface area (Å²) in [6, 6.07) is 0. The summed E-state index contributed by atoms with van der Waals surface area (Å²) >= 11 is 0. The second-order valence-corrected chi connectivity index (χ2v) is 5.34. The summed E-state index contributed by atoms with van der Waals surface area (Å²) in [5.41, 5.74) is 0.797. The Morgan fingerprint density at radius 2 is 2.24 bits per heavy atom. The zero-order valence-corrected chi connectivity index (χ0v) is 12.5. The molecule has 1 N–H and O–H groups in total. The molecule has 0 bridgehead atoms. The number of anilines is 1. The highest BCUT2D eigenvalue weighted by atomic mass is 16.2. The predicted octanol–water partition coefficient (Wildman–Crippen LogP) is 1.31. The van der Waals surface area contributed by atoms with Crippen LogP contribution in [0.5, 0.6) is 0 Å². The highest BCUT2D eigenvalue weighted by Crippen LogP contribution is 2.21. The highest BCUT2D eigenvalue weighted by molar-refractivity contribution is 5.86. The van der Waals surface area contributed by atoms with Crippen molar-refractivity contribution in [3.05, 3.63) is 12.0 Å². The van der Waals surface area contributed by atoms with Gasteiger partial charge in [-0.2, -0.15) is 5.10 Å². The maximum Gasteiger partial charge on any atom is 0.223 e. The van der Waals surface area contributed by atoms with Gasteiger partial charge < -0.3 is 10.2 Å². The summed E-state index contributed by atoms with van der Waals surface area (Å²) in [5, 5.41) is 8.48. The van der Waals surface area contributed by atoms with Crippen molar-refractivity contribution in [1.82, 2.24) is 24.6 Å². The third kappa shape index (κ3) is 2.68. The van der Waals surface area contributed by atoms with Gasteiger partial charge in [0, 0.05) is 26.6 Å². The maximum absolute atomic E-state index is 11.8. The summed E-state index contributed by atoms with van der Waals surface area (Å²) in [7, 11) is 1.86. The molecule has 1 fully saturated rings. The first-order valence-electron chi connectivity index (χ1n) is 7.39. The number of hydrogen-bond donors (Lipinski definition) is 1. The van der Waals surface area contributed by atoms with Gasteiger partial charge in [0.1, 0.15) is 5.82 Å². The zero-order valence-electron chi connectivity index (χ0n) is 12.5. The molecule has 2 aromatic rings. The van der Waals surface area contributed by atoms with E-state index in [-0.39, 0.29) is 5.91 Å². The van der Waals surface area contributed by atoms with Crippen molar-refractivity contribution in [3.8, 4) is 0 Å². The molecule has 1 aliphatic heterocycles. The molecule has 0 aliphatic carbocycles. The molecule has 0 unspecified atom stereocenters. The summed E-state index contributed by atoms with van der Waals surface area (Å²) in [5.74, 6) is 1.66. The van der Waals surface area contributed by atoms with Crippen LogP contribution in [0.4, 0.5) is 5.82 Å². The van der Waals surface area contributed by atoms with Crippen molar-refractivity contribution in [2.75, 3.05) is 18.4 Å². The van der Waals surface area contributed by atoms with E-state index in [0.29, 0.717) is 18.8 Å². The molecule has 3 rings (SSSR count). The van der Waals surface area contributed by atoms with Gasteiger partial charge in [-0.3, -0.25) is 9.48 Å². The van der Waals surface area contributed by atoms with Gasteiger partial charge in [0.2, 0.25) is 5.91 Å². The largest absolute Gasteiger partial charge is 0.369 e. The molecule has 0 atom stereocenters. The lowest BCUT2D eigenvalue weighted by atomic mass is 10.3. The summed E-state index contributed by atoms with van der Waals surface area (Å²) in [4.78, 5) is 22.7. The maximum atomic E-state index is 11.8. The Morgan fingerprint density at radius 3 is 2.95 bits per heavy atom. The average molecular weight is 288 g/mol. The molecule has 3 heterocycles. The van der Waals surface area contributed by atoms with Crippen LogP contribution in [0.15, 0.2) is 6.20 Å². The molecule has 1 amide bonds. The highest BCUT2D eigenvalue weighted by Gasteiger charge is 2.22. The molecule has 7 nitrogen and oxygen atoms in total. The molecule has 0 radical (unpaired) electrons. The second kappa shape index (κ2) is 5.67. The first-order chi connectivity index (χ1) is 10.2. The first kappa shape index (κ1) is 13.8. The summed E-state index contributed by atoms with van der Waals surface area (Å²) in [6.07, 6.45) is 4.35. The SMILES string of the molecule is CCCNc1nc(CN2CCCC2=O)nc2c1cnn2C. The number of rotatable bonds is 5. The molecule has 2 aromatic heterocycles. The Kier molecular flexibility index (Phi) is 3.72. The average Bonchev–Trinajstić information content (AvgIpc) is 3.04. The number of likely N-dealkylation sites (tertiary alicyclic amines) is 1. The van der Waals surface area contributed by atoms with E-state index in [0.717, 1.165) is 42.8 Å². The molecule has 0 aromatic carbocycles. The van der Waals surface area contributed by atoms with E-state index in [2.05, 4.69) is 27.3 Å². The van der Waals surface area contributed by atoms with E-state index in [1.165, 1.54) is 0 Å². The van der Waals surface area contributed by atoms with Crippen LogP contribution in [-0.2, 0) is 18.4 Å². The Hall–Kier alpha value is -2.18. The van der Waals surface area contributed by atoms with Crippen LogP contribution < -0.4 is 5.32 Å². The minimum absolute atomic E-state index is 0.187. The number of hydrogen-bond acceptors (Lipinski definition) is 5. The van der Waals surface area contributed by atoms with Gasteiger partial charge in [-0.1, -0.05) is 6.92 Å². The molecule has 0 saturated carbocycles. The van der Waals surface area contributed by atoms with Crippen LogP contribution in [0.25, 0.3) is 11.0 Å². The van der Waals surface area contributed by atoms with Gasteiger partial charge in [0.05, 0.1) is 18.1 Å². The summed E-state index contributed by atoms with van der Waals surface area (Å²) < 4.78 is 1.74. The molecule has 112 valence electrons. The Bertz CT molecular complexity index is 665. The van der Waals surface area contributed by atoms with Crippen molar-refractivity contribution < 1.29 is 4.79 Å². The zero-order chi connectivity index (χ0) is 14.8. The minimum Gasteiger partial charge on any atom is -0.369 e. The smallest absolute Gasteiger partial charge is 0.223 e. The second-order valence-electron chi connectivity index (χ2n) is 5.34. The number of carbonyl (C=O) groups is 1. The lowest BCUT2D eigenvalue weighted by Gasteiger charge is -2.15. The third-order valence-electron chi connectivity index (χ3n) is 3.68. The van der Waals surface area contributed by atoms with E-state index < -0.39 is 0 Å². The van der Waals surface area contributed by atoms with E-state index in [9.17, 15) is 4.79 Å². The fourth-order valence-electron chi connectivity index (χ4n) is 2.56. The van der Waals surface area contributed by atoms with Crippen LogP contribution in [0.3, 0.4) is 0 Å². The van der Waals surface area contributed by atoms with Crippen LogP contribution in [0, 0.1) is 0 Å². The number of nitrogens with one attached hydrogen (secondary N) is 1. The normalized spacial score (nSPS) is 15.1. The van der Waals surface area contributed by atoms with Gasteiger partial charge in [0.25, 0.3) is 0 Å². The Morgan fingerprint density at radius 1 is 1.38 bits per heavy atom. The number of carbonyl (C=O) groups excluding carboxylic acids is 1. The third-order valence-corrected chi connectivity index (χ3v) is 3.68. The van der Waals surface area contributed by atoms with Crippen molar-refractivity contribution in [2.45, 2.75) is 32.7 Å². The Labute approximate surface area is 123 Å². The van der Waals surface area contributed by atoms with Crippen molar-refractivity contribution in [1.29, 1.82) is 0 Å². The summed E-state index contributed by atoms with van der Waals surface area (Å²) in [6.45, 7) is 4.23. The first-order valence-corrected chi connectivity index (χ1v) is 7.39. The van der Waals surface area contributed by atoms with Crippen molar-refractivity contribution in [2.24, 2.45) is 7.05 Å². The monoisotopic (exact) mass is 288 g/mol. The number of nitrogens with zero attached hydrogens (tertiary/aromatic N) is 5. The molecule has 21 heavy (non-hydrogen) atoms. The van der Waals surface area contributed by atoms with Gasteiger partial charge in [0.15, 0.2) is 11.5 Å². The van der Waals surface area contributed by atoms with Gasteiger partial charge in [-0.15, -0.1) is 0 Å². The van der Waals surface area contributed by atoms with E-state index in [1.807, 2.05) is 11.9 Å². The lowest BCUT2D eigenvalue weighted by Crippen LogP contribution is -2.25. The molecule has 0 spiro atoms. The van der Waals surface area contributed by atoms with Gasteiger partial charge >= 0.3 is 0 Å². The van der Waals surface area contributed by atoms with Crippen LogP contribution in [0.2, 0.25) is 0 Å². The topological polar surface area (TPSA) is 75.9 Å². The molecular formula is C14H20N6O. The van der Waals surface area contributed by atoms with E-state index >= 15 is 0 Å². The standard InChI is InChI=1S/C14H20N6O/c1-3-6-15-13-10-8-16-19(2)14(10)18-11(17-13)9-20-7-4-5-12(20)21/h8H,3-7,9H2,1-2H3,(H,15,17,18). The molecule has 1 saturated heterocycles. The fourth-order valence-corrected chi connectivity index (χ4v) is 2.56.